The van der Waals surface area contributed by atoms with Crippen molar-refractivity contribution in [2.24, 2.45) is 5.73 Å². The minimum absolute atomic E-state index is 0.0401. The zero-order valence-corrected chi connectivity index (χ0v) is 16.9. The van der Waals surface area contributed by atoms with Crippen LogP contribution >= 0.6 is 11.6 Å². The summed E-state index contributed by atoms with van der Waals surface area (Å²) in [5.74, 6) is 0.737. The van der Waals surface area contributed by atoms with Gasteiger partial charge in [0, 0.05) is 23.7 Å². The van der Waals surface area contributed by atoms with Gasteiger partial charge in [-0.15, -0.1) is 0 Å². The Balaban J connectivity index is 0.000000204. The fourth-order valence-corrected chi connectivity index (χ4v) is 3.12. The summed E-state index contributed by atoms with van der Waals surface area (Å²) in [5, 5.41) is 8.85. The van der Waals surface area contributed by atoms with E-state index in [-0.39, 0.29) is 5.78 Å². The minimum Gasteiger partial charge on any atom is -0.337 e. The zero-order valence-electron chi connectivity index (χ0n) is 16.2. The summed E-state index contributed by atoms with van der Waals surface area (Å²) in [5.41, 5.74) is 10.4. The molecule has 0 bridgehead atoms. The van der Waals surface area contributed by atoms with Gasteiger partial charge in [0.25, 0.3) is 0 Å². The van der Waals surface area contributed by atoms with Crippen LogP contribution in [0.15, 0.2) is 60.8 Å². The smallest absolute Gasteiger partial charge is 0.159 e. The largest absolute Gasteiger partial charge is 0.337 e. The van der Waals surface area contributed by atoms with Crippen molar-refractivity contribution < 1.29 is 4.79 Å². The summed E-state index contributed by atoms with van der Waals surface area (Å²) in [7, 11) is 0. The van der Waals surface area contributed by atoms with Gasteiger partial charge in [0.15, 0.2) is 11.6 Å². The number of aromatic amines is 2. The van der Waals surface area contributed by atoms with Crippen molar-refractivity contribution >= 4 is 39.3 Å². The quantitative estimate of drug-likeness (QED) is 0.295. The van der Waals surface area contributed by atoms with E-state index in [2.05, 4.69) is 25.1 Å². The Bertz CT molecular complexity index is 1320. The molecule has 0 aliphatic rings. The lowest BCUT2D eigenvalue weighted by Crippen LogP contribution is -1.95. The summed E-state index contributed by atoms with van der Waals surface area (Å²) in [4.78, 5) is 23.1. The highest BCUT2D eigenvalue weighted by molar-refractivity contribution is 6.29. The SMILES string of the molecule is CC(=O)c1ccc2nc(-c3n[nH]c4ccccc34)[nH]c2c1.NCc1ccc(Cl)nc1. The summed E-state index contributed by atoms with van der Waals surface area (Å²) in [6.45, 7) is 2.07. The van der Waals surface area contributed by atoms with Crippen molar-refractivity contribution in [3.8, 4) is 11.5 Å². The van der Waals surface area contributed by atoms with Crippen LogP contribution in [0.3, 0.4) is 0 Å². The first-order valence-electron chi connectivity index (χ1n) is 9.30. The fraction of sp³-hybridized carbons (Fsp3) is 0.0909. The first-order chi connectivity index (χ1) is 14.5. The number of aromatic nitrogens is 5. The molecule has 0 unspecified atom stereocenters. The Morgan fingerprint density at radius 2 is 1.93 bits per heavy atom. The molecule has 2 aromatic carbocycles. The van der Waals surface area contributed by atoms with E-state index >= 15 is 0 Å². The average molecular weight is 419 g/mol. The Labute approximate surface area is 177 Å². The number of carbonyl (C=O) groups is 1. The number of pyridine rings is 1. The van der Waals surface area contributed by atoms with E-state index in [9.17, 15) is 4.79 Å². The second-order valence-electron chi connectivity index (χ2n) is 6.68. The number of nitrogens with zero attached hydrogens (tertiary/aromatic N) is 3. The molecule has 0 amide bonds. The molecule has 8 heteroatoms. The van der Waals surface area contributed by atoms with Crippen molar-refractivity contribution in [3.63, 3.8) is 0 Å². The molecule has 150 valence electrons. The predicted octanol–water partition coefficient (Wildman–Crippen LogP) is 4.50. The number of para-hydroxylation sites is 1. The van der Waals surface area contributed by atoms with Crippen LogP contribution in [0.5, 0.6) is 0 Å². The standard InChI is InChI=1S/C16H12N4O.C6H7ClN2/c1-9(21)10-6-7-13-14(8-10)18-16(17-13)15-11-4-2-3-5-12(11)19-20-15;7-6-2-1-5(3-8)4-9-6/h2-8H,1H3,(H,17,18)(H,19,20);1-2,4H,3,8H2. The lowest BCUT2D eigenvalue weighted by molar-refractivity contribution is 0.101. The Kier molecular flexibility index (Phi) is 5.56. The van der Waals surface area contributed by atoms with Crippen LogP contribution in [0, 0.1) is 0 Å². The van der Waals surface area contributed by atoms with Crippen LogP contribution in [0.4, 0.5) is 0 Å². The molecule has 0 spiro atoms. The molecule has 0 aliphatic carbocycles. The van der Waals surface area contributed by atoms with E-state index in [1.54, 1.807) is 25.3 Å². The molecule has 4 N–H and O–H groups in total. The van der Waals surface area contributed by atoms with Crippen LogP contribution < -0.4 is 5.73 Å². The van der Waals surface area contributed by atoms with E-state index in [0.29, 0.717) is 23.1 Å². The van der Waals surface area contributed by atoms with E-state index in [0.717, 1.165) is 33.2 Å². The Morgan fingerprint density at radius 1 is 1.10 bits per heavy atom. The molecule has 0 radical (unpaired) electrons. The summed E-state index contributed by atoms with van der Waals surface area (Å²) in [6, 6.07) is 16.9. The van der Waals surface area contributed by atoms with Gasteiger partial charge < -0.3 is 10.7 Å². The third-order valence-corrected chi connectivity index (χ3v) is 4.83. The number of hydrogen-bond acceptors (Lipinski definition) is 5. The summed E-state index contributed by atoms with van der Waals surface area (Å²) >= 11 is 5.52. The Hall–Kier alpha value is -3.55. The number of H-pyrrole nitrogens is 2. The van der Waals surface area contributed by atoms with Gasteiger partial charge in [0.1, 0.15) is 10.8 Å². The third kappa shape index (κ3) is 4.07. The number of carbonyl (C=O) groups excluding carboxylic acids is 1. The van der Waals surface area contributed by atoms with Crippen molar-refractivity contribution in [1.82, 2.24) is 25.1 Å². The van der Waals surface area contributed by atoms with Crippen LogP contribution in [0.25, 0.3) is 33.5 Å². The highest BCUT2D eigenvalue weighted by Gasteiger charge is 2.12. The van der Waals surface area contributed by atoms with Gasteiger partial charge in [-0.3, -0.25) is 9.89 Å². The van der Waals surface area contributed by atoms with Crippen LogP contribution in [-0.2, 0) is 6.54 Å². The normalized spacial score (nSPS) is 10.8. The average Bonchev–Trinajstić information content (AvgIpc) is 3.38. The molecule has 7 nitrogen and oxygen atoms in total. The van der Waals surface area contributed by atoms with Gasteiger partial charge in [-0.25, -0.2) is 9.97 Å². The number of rotatable bonds is 3. The van der Waals surface area contributed by atoms with Gasteiger partial charge in [-0.05, 0) is 42.8 Å². The molecule has 0 saturated heterocycles. The highest BCUT2D eigenvalue weighted by atomic mass is 35.5. The number of Topliss-reactive ketones (excluding diaryl/α,β-unsaturated/α-hetero) is 1. The second kappa shape index (κ2) is 8.44. The number of nitrogens with one attached hydrogen (secondary N) is 2. The number of imidazole rings is 1. The molecular weight excluding hydrogens is 400 g/mol. The predicted molar refractivity (Wildman–Crippen MR) is 118 cm³/mol. The van der Waals surface area contributed by atoms with Crippen LogP contribution in [0.2, 0.25) is 5.15 Å². The number of nitrogens with two attached hydrogens (primary N) is 1. The molecule has 5 rings (SSSR count). The maximum Gasteiger partial charge on any atom is 0.159 e. The number of benzene rings is 2. The maximum absolute atomic E-state index is 11.4. The molecule has 3 heterocycles. The fourth-order valence-electron chi connectivity index (χ4n) is 3.01. The van der Waals surface area contributed by atoms with E-state index in [4.69, 9.17) is 17.3 Å². The lowest BCUT2D eigenvalue weighted by Gasteiger charge is -1.93. The van der Waals surface area contributed by atoms with E-state index < -0.39 is 0 Å². The lowest BCUT2D eigenvalue weighted by atomic mass is 10.1. The molecule has 0 aliphatic heterocycles. The Morgan fingerprint density at radius 3 is 2.67 bits per heavy atom. The van der Waals surface area contributed by atoms with Gasteiger partial charge >= 0.3 is 0 Å². The third-order valence-electron chi connectivity index (χ3n) is 4.61. The van der Waals surface area contributed by atoms with Crippen molar-refractivity contribution in [3.05, 3.63) is 77.1 Å². The van der Waals surface area contributed by atoms with Crippen molar-refractivity contribution in [1.29, 1.82) is 0 Å². The number of halogens is 1. The monoisotopic (exact) mass is 418 g/mol. The number of ketones is 1. The number of hydrogen-bond donors (Lipinski definition) is 3. The van der Waals surface area contributed by atoms with Gasteiger partial charge in [0.05, 0.1) is 16.6 Å². The molecule has 5 aromatic rings. The second-order valence-corrected chi connectivity index (χ2v) is 7.07. The van der Waals surface area contributed by atoms with Crippen molar-refractivity contribution in [2.45, 2.75) is 13.5 Å². The topological polar surface area (TPSA) is 113 Å². The van der Waals surface area contributed by atoms with Gasteiger partial charge in [0.2, 0.25) is 0 Å². The zero-order chi connectivity index (χ0) is 21.1. The molecule has 0 fully saturated rings. The molecule has 3 aromatic heterocycles. The molecule has 30 heavy (non-hydrogen) atoms. The van der Waals surface area contributed by atoms with Gasteiger partial charge in [-0.2, -0.15) is 5.10 Å². The first kappa shape index (κ1) is 19.8. The van der Waals surface area contributed by atoms with E-state index in [1.165, 1.54) is 0 Å². The minimum atomic E-state index is 0.0401. The first-order valence-corrected chi connectivity index (χ1v) is 9.67. The van der Waals surface area contributed by atoms with Crippen LogP contribution in [0.1, 0.15) is 22.8 Å². The molecular formula is C22H19ClN6O. The maximum atomic E-state index is 11.4. The molecule has 0 saturated carbocycles. The van der Waals surface area contributed by atoms with Gasteiger partial charge in [-0.1, -0.05) is 35.9 Å². The summed E-state index contributed by atoms with van der Waals surface area (Å²) in [6.07, 6.45) is 1.67. The van der Waals surface area contributed by atoms with Crippen LogP contribution in [-0.4, -0.2) is 30.9 Å². The van der Waals surface area contributed by atoms with Crippen molar-refractivity contribution in [2.75, 3.05) is 0 Å². The highest BCUT2D eigenvalue weighted by Crippen LogP contribution is 2.26. The summed E-state index contributed by atoms with van der Waals surface area (Å²) < 4.78 is 0. The van der Waals surface area contributed by atoms with E-state index in [1.807, 2.05) is 42.5 Å². The molecule has 0 atom stereocenters. The number of fused-ring (bicyclic) bond motifs is 2.